The van der Waals surface area contributed by atoms with Gasteiger partial charge in [0.15, 0.2) is 7.14 Å². The second kappa shape index (κ2) is 9.31. The molecule has 0 aliphatic carbocycles. The molecule has 0 N–H and O–H groups in total. The fourth-order valence-electron chi connectivity index (χ4n) is 3.57. The van der Waals surface area contributed by atoms with Crippen LogP contribution in [0.1, 0.15) is 11.1 Å². The number of ether oxygens (including phenoxy) is 1. The van der Waals surface area contributed by atoms with Gasteiger partial charge in [-0.25, -0.2) is 0 Å². The Bertz CT molecular complexity index is 1070. The molecule has 0 atom stereocenters. The quantitative estimate of drug-likeness (QED) is 0.411. The highest BCUT2D eigenvalue weighted by Crippen LogP contribution is 2.48. The van der Waals surface area contributed by atoms with E-state index < -0.39 is 18.9 Å². The number of alkyl halides is 3. The number of morpholine rings is 1. The zero-order valence-electron chi connectivity index (χ0n) is 17.2. The van der Waals surface area contributed by atoms with Gasteiger partial charge in [-0.15, -0.1) is 0 Å². The maximum atomic E-state index is 14.9. The van der Waals surface area contributed by atoms with Gasteiger partial charge >= 0.3 is 6.18 Å². The van der Waals surface area contributed by atoms with Gasteiger partial charge in [-0.3, -0.25) is 5.01 Å². The summed E-state index contributed by atoms with van der Waals surface area (Å²) < 4.78 is 59.7. The van der Waals surface area contributed by atoms with Crippen molar-refractivity contribution in [2.45, 2.75) is 6.18 Å². The second-order valence-electron chi connectivity index (χ2n) is 7.35. The van der Waals surface area contributed by atoms with Gasteiger partial charge in [0.05, 0.1) is 31.9 Å². The molecule has 1 aliphatic heterocycles. The first-order valence-corrected chi connectivity index (χ1v) is 11.9. The molecule has 1 saturated heterocycles. The standard InChI is InChI=1S/C24H22F3N2O2P/c25-24(26,27)20-13-11-19(12-14-20)23(28-29-15-17-31-18-16-29)32(30,21-7-3-1-4-8-21)22-9-5-2-6-10-22/h1-14H,15-18H2/b28-23+. The average molecular weight is 458 g/mol. The Morgan fingerprint density at radius 1 is 0.812 bits per heavy atom. The molecule has 0 amide bonds. The number of hydrogen-bond acceptors (Lipinski definition) is 4. The van der Waals surface area contributed by atoms with Crippen molar-refractivity contribution >= 4 is 23.2 Å². The molecule has 1 aliphatic rings. The molecular weight excluding hydrogens is 436 g/mol. The molecule has 1 heterocycles. The third-order valence-electron chi connectivity index (χ3n) is 5.23. The van der Waals surface area contributed by atoms with Crippen LogP contribution in [0.2, 0.25) is 0 Å². The van der Waals surface area contributed by atoms with Crippen molar-refractivity contribution in [2.75, 3.05) is 26.3 Å². The minimum Gasteiger partial charge on any atom is -0.378 e. The Morgan fingerprint density at radius 3 is 1.78 bits per heavy atom. The topological polar surface area (TPSA) is 41.9 Å². The molecule has 4 nitrogen and oxygen atoms in total. The normalized spacial score (nSPS) is 15.6. The van der Waals surface area contributed by atoms with Crippen LogP contribution in [-0.4, -0.2) is 36.8 Å². The molecule has 1 fully saturated rings. The van der Waals surface area contributed by atoms with E-state index in [4.69, 9.17) is 9.84 Å². The molecule has 0 unspecified atom stereocenters. The van der Waals surface area contributed by atoms with E-state index in [9.17, 15) is 17.7 Å². The van der Waals surface area contributed by atoms with Gasteiger partial charge in [0.1, 0.15) is 5.45 Å². The van der Waals surface area contributed by atoms with Crippen LogP contribution in [0.3, 0.4) is 0 Å². The molecule has 3 aromatic rings. The first kappa shape index (κ1) is 22.3. The zero-order valence-corrected chi connectivity index (χ0v) is 18.1. The Balaban J connectivity index is 1.92. The lowest BCUT2D eigenvalue weighted by atomic mass is 10.1. The molecule has 0 spiro atoms. The molecule has 32 heavy (non-hydrogen) atoms. The fraction of sp³-hybridized carbons (Fsp3) is 0.208. The highest BCUT2D eigenvalue weighted by molar-refractivity contribution is 7.93. The minimum absolute atomic E-state index is 0.255. The van der Waals surface area contributed by atoms with Gasteiger partial charge in [0.25, 0.3) is 0 Å². The van der Waals surface area contributed by atoms with Crippen LogP contribution in [0.4, 0.5) is 13.2 Å². The zero-order chi connectivity index (χ0) is 22.6. The van der Waals surface area contributed by atoms with Crippen LogP contribution in [0.25, 0.3) is 0 Å². The Labute approximate surface area is 184 Å². The molecule has 3 aromatic carbocycles. The Kier molecular flexibility index (Phi) is 6.49. The number of rotatable bonds is 5. The van der Waals surface area contributed by atoms with Crippen molar-refractivity contribution < 1.29 is 22.5 Å². The summed E-state index contributed by atoms with van der Waals surface area (Å²) in [6.07, 6.45) is -4.46. The fourth-order valence-corrected chi connectivity index (χ4v) is 6.30. The molecule has 0 bridgehead atoms. The lowest BCUT2D eigenvalue weighted by molar-refractivity contribution is -0.137. The van der Waals surface area contributed by atoms with E-state index in [1.807, 2.05) is 12.1 Å². The Hall–Kier alpha value is -2.89. The van der Waals surface area contributed by atoms with Crippen LogP contribution in [0.5, 0.6) is 0 Å². The summed E-state index contributed by atoms with van der Waals surface area (Å²) in [5.41, 5.74) is -0.118. The van der Waals surface area contributed by atoms with Crippen molar-refractivity contribution in [1.29, 1.82) is 0 Å². The second-order valence-corrected chi connectivity index (χ2v) is 10.0. The van der Waals surface area contributed by atoms with Crippen LogP contribution < -0.4 is 10.6 Å². The summed E-state index contributed by atoms with van der Waals surface area (Å²) in [7, 11) is -3.49. The minimum atomic E-state index is -4.46. The van der Waals surface area contributed by atoms with Gasteiger partial charge in [-0.05, 0) is 12.1 Å². The van der Waals surface area contributed by atoms with Gasteiger partial charge in [0.2, 0.25) is 0 Å². The van der Waals surface area contributed by atoms with Crippen LogP contribution in [0, 0.1) is 0 Å². The lowest BCUT2D eigenvalue weighted by Crippen LogP contribution is -2.34. The maximum Gasteiger partial charge on any atom is 0.416 e. The first-order valence-electron chi connectivity index (χ1n) is 10.2. The summed E-state index contributed by atoms with van der Waals surface area (Å²) in [4.78, 5) is 0. The maximum absolute atomic E-state index is 14.9. The number of benzene rings is 3. The molecule has 8 heteroatoms. The summed E-state index contributed by atoms with van der Waals surface area (Å²) in [6, 6.07) is 22.6. The van der Waals surface area contributed by atoms with E-state index in [0.717, 1.165) is 12.1 Å². The van der Waals surface area contributed by atoms with E-state index in [0.29, 0.717) is 42.5 Å². The van der Waals surface area contributed by atoms with E-state index >= 15 is 0 Å². The smallest absolute Gasteiger partial charge is 0.378 e. The summed E-state index contributed by atoms with van der Waals surface area (Å²) in [6.45, 7) is 1.97. The predicted octanol–water partition coefficient (Wildman–Crippen LogP) is 4.71. The molecule has 166 valence electrons. The monoisotopic (exact) mass is 458 g/mol. The average Bonchev–Trinajstić information content (AvgIpc) is 2.83. The third-order valence-corrected chi connectivity index (χ3v) is 8.23. The van der Waals surface area contributed by atoms with Crippen molar-refractivity contribution in [2.24, 2.45) is 5.10 Å². The van der Waals surface area contributed by atoms with Gasteiger partial charge in [0, 0.05) is 16.2 Å². The molecular formula is C24H22F3N2O2P. The Morgan fingerprint density at radius 2 is 1.31 bits per heavy atom. The van der Waals surface area contributed by atoms with E-state index in [1.54, 1.807) is 53.5 Å². The first-order chi connectivity index (χ1) is 15.4. The number of hydrogen-bond donors (Lipinski definition) is 0. The van der Waals surface area contributed by atoms with E-state index in [2.05, 4.69) is 0 Å². The number of halogens is 3. The summed E-state index contributed by atoms with van der Waals surface area (Å²) in [5, 5.41) is 7.66. The molecule has 0 radical (unpaired) electrons. The van der Waals surface area contributed by atoms with Crippen molar-refractivity contribution in [3.63, 3.8) is 0 Å². The van der Waals surface area contributed by atoms with Crippen LogP contribution in [0.15, 0.2) is 90.0 Å². The van der Waals surface area contributed by atoms with Gasteiger partial charge < -0.3 is 9.30 Å². The van der Waals surface area contributed by atoms with Crippen molar-refractivity contribution in [3.05, 3.63) is 96.1 Å². The van der Waals surface area contributed by atoms with E-state index in [1.165, 1.54) is 12.1 Å². The van der Waals surface area contributed by atoms with Crippen molar-refractivity contribution in [1.82, 2.24) is 5.01 Å². The van der Waals surface area contributed by atoms with Crippen molar-refractivity contribution in [3.8, 4) is 0 Å². The van der Waals surface area contributed by atoms with Crippen LogP contribution in [-0.2, 0) is 15.5 Å². The third kappa shape index (κ3) is 4.64. The molecule has 0 saturated carbocycles. The largest absolute Gasteiger partial charge is 0.416 e. The number of hydrazone groups is 1. The van der Waals surface area contributed by atoms with Gasteiger partial charge in [-0.2, -0.15) is 18.3 Å². The SMILES string of the molecule is O=P(/C(=N/N1CCOCC1)c1ccc(C(F)(F)F)cc1)(c1ccccc1)c1ccccc1. The lowest BCUT2D eigenvalue weighted by Gasteiger charge is -2.28. The molecule has 4 rings (SSSR count). The number of nitrogens with zero attached hydrogens (tertiary/aromatic N) is 2. The predicted molar refractivity (Wildman–Crippen MR) is 120 cm³/mol. The van der Waals surface area contributed by atoms with Gasteiger partial charge in [-0.1, -0.05) is 72.8 Å². The highest BCUT2D eigenvalue weighted by Gasteiger charge is 2.36. The van der Waals surface area contributed by atoms with E-state index in [-0.39, 0.29) is 5.45 Å². The molecule has 0 aromatic heterocycles. The highest BCUT2D eigenvalue weighted by atomic mass is 31.2. The summed E-state index contributed by atoms with van der Waals surface area (Å²) in [5.74, 6) is 0. The summed E-state index contributed by atoms with van der Waals surface area (Å²) >= 11 is 0. The van der Waals surface area contributed by atoms with Crippen LogP contribution >= 0.6 is 7.14 Å².